The van der Waals surface area contributed by atoms with Crippen molar-refractivity contribution in [2.24, 2.45) is 0 Å². The molecule has 0 heterocycles. The lowest BCUT2D eigenvalue weighted by atomic mass is 9.85. The Labute approximate surface area is 239 Å². The minimum Gasteiger partial charge on any atom is -0.478 e. The van der Waals surface area contributed by atoms with E-state index in [1.165, 1.54) is 6.07 Å². The first-order valence-corrected chi connectivity index (χ1v) is 13.3. The summed E-state index contributed by atoms with van der Waals surface area (Å²) in [7, 11) is 0. The fraction of sp³-hybridized carbons (Fsp3) is 0. The lowest BCUT2D eigenvalue weighted by Crippen LogP contribution is -2.14. The summed E-state index contributed by atoms with van der Waals surface area (Å²) in [4.78, 5) is 38.4. The molecule has 7 aromatic carbocycles. The Morgan fingerprint density at radius 1 is 0.452 bits per heavy atom. The first kappa shape index (κ1) is 25.0. The number of carboxylic acid groups (broad SMARTS) is 2. The van der Waals surface area contributed by atoms with Crippen LogP contribution in [0.15, 0.2) is 109 Å². The van der Waals surface area contributed by atoms with Crippen LogP contribution in [-0.2, 0) is 0 Å². The molecule has 0 fully saturated rings. The van der Waals surface area contributed by atoms with E-state index in [2.05, 4.69) is 10.6 Å². The van der Waals surface area contributed by atoms with E-state index in [9.17, 15) is 24.6 Å². The molecule has 7 rings (SSSR count). The van der Waals surface area contributed by atoms with Crippen molar-refractivity contribution < 1.29 is 24.6 Å². The second-order valence-electron chi connectivity index (χ2n) is 10.1. The highest BCUT2D eigenvalue weighted by atomic mass is 16.4. The fourth-order valence-electron chi connectivity index (χ4n) is 5.94. The Bertz CT molecular complexity index is 2190. The SMILES string of the molecule is O=C(O)c1ccc2c3ccc(C(=O)Nc4ccccc4)c4c(C(=O)O)ccc(c5ccc(Nc6ccccc6)c1c52)c43. The molecular weight excluding hydrogens is 528 g/mol. The second-order valence-corrected chi connectivity index (χ2v) is 10.1. The molecule has 202 valence electrons. The van der Waals surface area contributed by atoms with E-state index in [-0.39, 0.29) is 16.7 Å². The van der Waals surface area contributed by atoms with Crippen molar-refractivity contribution in [1.82, 2.24) is 0 Å². The lowest BCUT2D eigenvalue weighted by Gasteiger charge is -2.20. The van der Waals surface area contributed by atoms with Crippen molar-refractivity contribution in [1.29, 1.82) is 0 Å². The van der Waals surface area contributed by atoms with Crippen LogP contribution in [0.4, 0.5) is 17.1 Å². The molecule has 0 saturated heterocycles. The maximum Gasteiger partial charge on any atom is 0.336 e. The summed E-state index contributed by atoms with van der Waals surface area (Å²) in [5.74, 6) is -2.63. The van der Waals surface area contributed by atoms with Crippen LogP contribution < -0.4 is 10.6 Å². The molecule has 0 radical (unpaired) electrons. The number of fused-ring (bicyclic) bond motifs is 2. The van der Waals surface area contributed by atoms with E-state index in [0.29, 0.717) is 27.5 Å². The molecule has 0 aromatic heterocycles. The molecule has 0 bridgehead atoms. The average Bonchev–Trinajstić information content (AvgIpc) is 3.00. The van der Waals surface area contributed by atoms with Gasteiger partial charge in [0.2, 0.25) is 0 Å². The molecule has 42 heavy (non-hydrogen) atoms. The Morgan fingerprint density at radius 2 is 0.905 bits per heavy atom. The number of amides is 1. The van der Waals surface area contributed by atoms with Crippen molar-refractivity contribution in [3.05, 3.63) is 126 Å². The van der Waals surface area contributed by atoms with Crippen LogP contribution >= 0.6 is 0 Å². The zero-order valence-electron chi connectivity index (χ0n) is 22.0. The monoisotopic (exact) mass is 550 g/mol. The van der Waals surface area contributed by atoms with E-state index in [4.69, 9.17) is 0 Å². The first-order valence-electron chi connectivity index (χ1n) is 13.3. The predicted octanol–water partition coefficient (Wildman–Crippen LogP) is 8.13. The highest BCUT2D eigenvalue weighted by Gasteiger charge is 2.24. The largest absolute Gasteiger partial charge is 0.478 e. The standard InChI is InChI=1S/C35H22N2O5/c38-33(37-20-9-5-2-6-10-20)25-14-11-21-23-13-16-27(35(41)42)32-28(36-19-7-3-1-4-8-19)18-17-24(30(23)32)22-12-15-26(34(39)40)31(25)29(21)22/h1-18,36H,(H,37,38)(H,39,40)(H,41,42). The lowest BCUT2D eigenvalue weighted by molar-refractivity contribution is 0.0688. The van der Waals surface area contributed by atoms with Gasteiger partial charge in [-0.3, -0.25) is 4.79 Å². The van der Waals surface area contributed by atoms with Crippen molar-refractivity contribution in [2.75, 3.05) is 10.6 Å². The molecule has 4 N–H and O–H groups in total. The van der Waals surface area contributed by atoms with Gasteiger partial charge in [-0.25, -0.2) is 9.59 Å². The van der Waals surface area contributed by atoms with Gasteiger partial charge in [0, 0.05) is 38.8 Å². The fourth-order valence-corrected chi connectivity index (χ4v) is 5.94. The minimum absolute atomic E-state index is 0.0121. The topological polar surface area (TPSA) is 116 Å². The Hall–Kier alpha value is -5.95. The van der Waals surface area contributed by atoms with Crippen molar-refractivity contribution in [3.8, 4) is 0 Å². The van der Waals surface area contributed by atoms with Gasteiger partial charge in [0.15, 0.2) is 0 Å². The maximum absolute atomic E-state index is 13.5. The summed E-state index contributed by atoms with van der Waals surface area (Å²) in [6, 6.07) is 32.3. The van der Waals surface area contributed by atoms with Gasteiger partial charge in [-0.15, -0.1) is 0 Å². The number of hydrogen-bond acceptors (Lipinski definition) is 4. The number of aromatic carboxylic acids is 2. The molecule has 0 spiro atoms. The molecule has 1 amide bonds. The number of benzene rings is 7. The van der Waals surface area contributed by atoms with Crippen molar-refractivity contribution >= 4 is 78.0 Å². The van der Waals surface area contributed by atoms with Crippen molar-refractivity contribution in [3.63, 3.8) is 0 Å². The maximum atomic E-state index is 13.5. The third kappa shape index (κ3) is 3.87. The molecule has 0 atom stereocenters. The van der Waals surface area contributed by atoms with Crippen molar-refractivity contribution in [2.45, 2.75) is 0 Å². The van der Waals surface area contributed by atoms with Gasteiger partial charge < -0.3 is 20.8 Å². The Morgan fingerprint density at radius 3 is 1.45 bits per heavy atom. The third-order valence-electron chi connectivity index (χ3n) is 7.69. The number of rotatable bonds is 6. The molecule has 0 unspecified atom stereocenters. The van der Waals surface area contributed by atoms with Crippen LogP contribution in [0.3, 0.4) is 0 Å². The van der Waals surface area contributed by atoms with E-state index >= 15 is 0 Å². The number of hydrogen-bond donors (Lipinski definition) is 4. The number of para-hydroxylation sites is 2. The van der Waals surface area contributed by atoms with Gasteiger partial charge in [-0.05, 0) is 75.5 Å². The molecule has 0 aliphatic carbocycles. The number of carboxylic acids is 2. The van der Waals surface area contributed by atoms with Crippen LogP contribution in [0.25, 0.3) is 43.1 Å². The van der Waals surface area contributed by atoms with E-state index in [0.717, 1.165) is 32.6 Å². The average molecular weight is 551 g/mol. The summed E-state index contributed by atoms with van der Waals surface area (Å²) >= 11 is 0. The Balaban J connectivity index is 1.57. The van der Waals surface area contributed by atoms with Crippen LogP contribution in [0.2, 0.25) is 0 Å². The summed E-state index contributed by atoms with van der Waals surface area (Å²) in [6.07, 6.45) is 0. The van der Waals surface area contributed by atoms with Gasteiger partial charge in [-0.1, -0.05) is 60.7 Å². The van der Waals surface area contributed by atoms with Gasteiger partial charge in [0.25, 0.3) is 5.91 Å². The summed E-state index contributed by atoms with van der Waals surface area (Å²) in [5.41, 5.74) is 2.44. The zero-order valence-corrected chi connectivity index (χ0v) is 22.0. The van der Waals surface area contributed by atoms with Gasteiger partial charge in [0.05, 0.1) is 11.1 Å². The highest BCUT2D eigenvalue weighted by Crippen LogP contribution is 2.45. The normalized spacial score (nSPS) is 11.3. The minimum atomic E-state index is -1.15. The second kappa shape index (κ2) is 9.60. The zero-order chi connectivity index (χ0) is 29.0. The quantitative estimate of drug-likeness (QED) is 0.123. The van der Waals surface area contributed by atoms with Crippen LogP contribution in [-0.4, -0.2) is 28.1 Å². The molecule has 0 aliphatic rings. The number of anilines is 3. The highest BCUT2D eigenvalue weighted by molar-refractivity contribution is 6.38. The smallest absolute Gasteiger partial charge is 0.336 e. The molecule has 7 aromatic rings. The van der Waals surface area contributed by atoms with Gasteiger partial charge in [0.1, 0.15) is 0 Å². The molecule has 0 saturated carbocycles. The van der Waals surface area contributed by atoms with E-state index < -0.39 is 17.8 Å². The summed E-state index contributed by atoms with van der Waals surface area (Å²) in [6.45, 7) is 0. The third-order valence-corrected chi connectivity index (χ3v) is 7.69. The molecule has 7 heteroatoms. The molecule has 7 nitrogen and oxygen atoms in total. The van der Waals surface area contributed by atoms with Crippen LogP contribution in [0, 0.1) is 0 Å². The summed E-state index contributed by atoms with van der Waals surface area (Å²) < 4.78 is 0. The number of carbonyl (C=O) groups excluding carboxylic acids is 1. The predicted molar refractivity (Wildman–Crippen MR) is 166 cm³/mol. The molecule has 0 aliphatic heterocycles. The Kier molecular flexibility index (Phi) is 5.73. The van der Waals surface area contributed by atoms with Crippen LogP contribution in [0.5, 0.6) is 0 Å². The summed E-state index contributed by atoms with van der Waals surface area (Å²) in [5, 5.41) is 31.8. The first-order chi connectivity index (χ1) is 20.4. The van der Waals surface area contributed by atoms with Gasteiger partial charge in [-0.2, -0.15) is 0 Å². The van der Waals surface area contributed by atoms with E-state index in [1.54, 1.807) is 48.5 Å². The van der Waals surface area contributed by atoms with E-state index in [1.807, 2.05) is 54.6 Å². The number of nitrogens with one attached hydrogen (secondary N) is 2. The molecular formula is C35H22N2O5. The van der Waals surface area contributed by atoms with Gasteiger partial charge >= 0.3 is 11.9 Å². The number of carbonyl (C=O) groups is 3. The van der Waals surface area contributed by atoms with Crippen LogP contribution in [0.1, 0.15) is 31.1 Å².